The number of hydrogen-bond acceptors (Lipinski definition) is 3. The van der Waals surface area contributed by atoms with Gasteiger partial charge in [-0.1, -0.05) is 0 Å². The summed E-state index contributed by atoms with van der Waals surface area (Å²) in [6.45, 7) is 5.15. The number of hydrogen-bond donors (Lipinski definition) is 1. The normalized spacial score (nSPS) is 21.6. The predicted octanol–water partition coefficient (Wildman–Crippen LogP) is 1.18. The van der Waals surface area contributed by atoms with Crippen LogP contribution in [0, 0.1) is 12.8 Å². The van der Waals surface area contributed by atoms with Crippen LogP contribution in [0.1, 0.15) is 12.0 Å². The summed E-state index contributed by atoms with van der Waals surface area (Å²) >= 11 is 0. The standard InChI is InChI=1S/C11H17N3/c1-9-7-13-4-2-11(9)14-5-3-10(6-12)8-14/h2,4,7,10H,3,5-6,8,12H2,1H3. The summed E-state index contributed by atoms with van der Waals surface area (Å²) < 4.78 is 0. The van der Waals surface area contributed by atoms with Gasteiger partial charge in [0, 0.05) is 31.2 Å². The first-order valence-electron chi connectivity index (χ1n) is 5.17. The Kier molecular flexibility index (Phi) is 2.68. The van der Waals surface area contributed by atoms with E-state index >= 15 is 0 Å². The van der Waals surface area contributed by atoms with Gasteiger partial charge in [0.1, 0.15) is 0 Å². The van der Waals surface area contributed by atoms with Crippen molar-refractivity contribution in [2.24, 2.45) is 11.7 Å². The van der Waals surface area contributed by atoms with Gasteiger partial charge in [-0.05, 0) is 37.4 Å². The van der Waals surface area contributed by atoms with Crippen LogP contribution in [0.4, 0.5) is 5.69 Å². The van der Waals surface area contributed by atoms with E-state index in [1.54, 1.807) is 0 Å². The second kappa shape index (κ2) is 3.96. The third-order valence-corrected chi connectivity index (χ3v) is 2.95. The largest absolute Gasteiger partial charge is 0.371 e. The highest BCUT2D eigenvalue weighted by Gasteiger charge is 2.22. The van der Waals surface area contributed by atoms with E-state index in [0.29, 0.717) is 5.92 Å². The molecule has 3 heteroatoms. The van der Waals surface area contributed by atoms with Crippen molar-refractivity contribution in [2.75, 3.05) is 24.5 Å². The van der Waals surface area contributed by atoms with Crippen molar-refractivity contribution >= 4 is 5.69 Å². The molecule has 1 fully saturated rings. The average Bonchev–Trinajstić information content (AvgIpc) is 2.67. The van der Waals surface area contributed by atoms with E-state index in [2.05, 4.69) is 22.9 Å². The SMILES string of the molecule is Cc1cnccc1N1CCC(CN)C1. The van der Waals surface area contributed by atoms with Crippen LogP contribution >= 0.6 is 0 Å². The van der Waals surface area contributed by atoms with Gasteiger partial charge in [-0.15, -0.1) is 0 Å². The summed E-state index contributed by atoms with van der Waals surface area (Å²) in [5.41, 5.74) is 8.24. The minimum atomic E-state index is 0.669. The summed E-state index contributed by atoms with van der Waals surface area (Å²) in [7, 11) is 0. The van der Waals surface area contributed by atoms with Crippen LogP contribution in [-0.4, -0.2) is 24.6 Å². The Morgan fingerprint density at radius 3 is 3.14 bits per heavy atom. The molecule has 0 saturated carbocycles. The summed E-state index contributed by atoms with van der Waals surface area (Å²) in [4.78, 5) is 6.52. The quantitative estimate of drug-likeness (QED) is 0.763. The molecule has 0 bridgehead atoms. The molecule has 1 aliphatic rings. The first-order chi connectivity index (χ1) is 6.81. The van der Waals surface area contributed by atoms with Crippen molar-refractivity contribution in [3.05, 3.63) is 24.0 Å². The molecule has 0 aliphatic carbocycles. The van der Waals surface area contributed by atoms with E-state index in [4.69, 9.17) is 5.73 Å². The fourth-order valence-electron chi connectivity index (χ4n) is 2.06. The fraction of sp³-hybridized carbons (Fsp3) is 0.545. The van der Waals surface area contributed by atoms with Gasteiger partial charge in [0.25, 0.3) is 0 Å². The van der Waals surface area contributed by atoms with Crippen molar-refractivity contribution in [2.45, 2.75) is 13.3 Å². The molecule has 2 rings (SSSR count). The molecule has 1 unspecified atom stereocenters. The second-order valence-electron chi connectivity index (χ2n) is 4.00. The van der Waals surface area contributed by atoms with Gasteiger partial charge >= 0.3 is 0 Å². The van der Waals surface area contributed by atoms with E-state index in [-0.39, 0.29) is 0 Å². The molecule has 0 aromatic carbocycles. The monoisotopic (exact) mass is 191 g/mol. The maximum atomic E-state index is 5.67. The molecule has 1 aromatic heterocycles. The van der Waals surface area contributed by atoms with Gasteiger partial charge < -0.3 is 10.6 Å². The van der Waals surface area contributed by atoms with Crippen molar-refractivity contribution < 1.29 is 0 Å². The molecule has 14 heavy (non-hydrogen) atoms. The van der Waals surface area contributed by atoms with Gasteiger partial charge in [-0.2, -0.15) is 0 Å². The third kappa shape index (κ3) is 1.73. The zero-order chi connectivity index (χ0) is 9.97. The van der Waals surface area contributed by atoms with Crippen LogP contribution in [0.2, 0.25) is 0 Å². The maximum absolute atomic E-state index is 5.67. The zero-order valence-electron chi connectivity index (χ0n) is 8.61. The number of nitrogens with zero attached hydrogens (tertiary/aromatic N) is 2. The van der Waals surface area contributed by atoms with Gasteiger partial charge in [-0.3, -0.25) is 4.98 Å². The Morgan fingerprint density at radius 1 is 1.64 bits per heavy atom. The molecule has 0 radical (unpaired) electrons. The lowest BCUT2D eigenvalue weighted by Crippen LogP contribution is -2.23. The molecule has 0 amide bonds. The Bertz CT molecular complexity index is 311. The predicted molar refractivity (Wildman–Crippen MR) is 58.3 cm³/mol. The van der Waals surface area contributed by atoms with Crippen LogP contribution in [-0.2, 0) is 0 Å². The molecular weight excluding hydrogens is 174 g/mol. The van der Waals surface area contributed by atoms with Crippen LogP contribution in [0.15, 0.2) is 18.5 Å². The molecular formula is C11H17N3. The molecule has 1 atom stereocenters. The molecule has 2 heterocycles. The lowest BCUT2D eigenvalue weighted by Gasteiger charge is -2.20. The highest BCUT2D eigenvalue weighted by Crippen LogP contribution is 2.25. The number of nitrogens with two attached hydrogens (primary N) is 1. The number of pyridine rings is 1. The molecule has 3 nitrogen and oxygen atoms in total. The van der Waals surface area contributed by atoms with Crippen LogP contribution in [0.3, 0.4) is 0 Å². The average molecular weight is 191 g/mol. The zero-order valence-corrected chi connectivity index (χ0v) is 8.61. The fourth-order valence-corrected chi connectivity index (χ4v) is 2.06. The van der Waals surface area contributed by atoms with E-state index < -0.39 is 0 Å². The third-order valence-electron chi connectivity index (χ3n) is 2.95. The molecule has 1 aliphatic heterocycles. The van der Waals surface area contributed by atoms with E-state index in [1.807, 2.05) is 12.4 Å². The summed E-state index contributed by atoms with van der Waals surface area (Å²) in [5, 5.41) is 0. The lowest BCUT2D eigenvalue weighted by atomic mass is 10.1. The minimum absolute atomic E-state index is 0.669. The number of rotatable bonds is 2. The Balaban J connectivity index is 2.13. The molecule has 0 spiro atoms. The smallest absolute Gasteiger partial charge is 0.0426 e. The second-order valence-corrected chi connectivity index (χ2v) is 4.00. The van der Waals surface area contributed by atoms with Gasteiger partial charge in [0.15, 0.2) is 0 Å². The maximum Gasteiger partial charge on any atom is 0.0426 e. The summed E-state index contributed by atoms with van der Waals surface area (Å²) in [6.07, 6.45) is 5.00. The molecule has 2 N–H and O–H groups in total. The first-order valence-corrected chi connectivity index (χ1v) is 5.17. The van der Waals surface area contributed by atoms with Crippen molar-refractivity contribution in [1.29, 1.82) is 0 Å². The van der Waals surface area contributed by atoms with Gasteiger partial charge in [0.05, 0.1) is 0 Å². The van der Waals surface area contributed by atoms with Gasteiger partial charge in [0.2, 0.25) is 0 Å². The molecule has 76 valence electrons. The van der Waals surface area contributed by atoms with E-state index in [0.717, 1.165) is 19.6 Å². The van der Waals surface area contributed by atoms with Crippen molar-refractivity contribution in [3.8, 4) is 0 Å². The molecule has 1 aromatic rings. The molecule has 1 saturated heterocycles. The van der Waals surface area contributed by atoms with Crippen LogP contribution in [0.5, 0.6) is 0 Å². The number of aromatic nitrogens is 1. The highest BCUT2D eigenvalue weighted by molar-refractivity contribution is 5.52. The van der Waals surface area contributed by atoms with Crippen molar-refractivity contribution in [3.63, 3.8) is 0 Å². The van der Waals surface area contributed by atoms with Gasteiger partial charge in [-0.25, -0.2) is 0 Å². The number of aryl methyl sites for hydroxylation is 1. The first kappa shape index (κ1) is 9.46. The van der Waals surface area contributed by atoms with Crippen LogP contribution in [0.25, 0.3) is 0 Å². The number of anilines is 1. The van der Waals surface area contributed by atoms with Crippen LogP contribution < -0.4 is 10.6 Å². The van der Waals surface area contributed by atoms with E-state index in [1.165, 1.54) is 17.7 Å². The van der Waals surface area contributed by atoms with Crippen molar-refractivity contribution in [1.82, 2.24) is 4.98 Å². The summed E-state index contributed by atoms with van der Waals surface area (Å²) in [5.74, 6) is 0.669. The summed E-state index contributed by atoms with van der Waals surface area (Å²) in [6, 6.07) is 2.09. The Hall–Kier alpha value is -1.09. The minimum Gasteiger partial charge on any atom is -0.371 e. The Labute approximate surface area is 84.9 Å². The van der Waals surface area contributed by atoms with E-state index in [9.17, 15) is 0 Å². The Morgan fingerprint density at radius 2 is 2.50 bits per heavy atom. The topological polar surface area (TPSA) is 42.2 Å². The lowest BCUT2D eigenvalue weighted by molar-refractivity contribution is 0.602. The highest BCUT2D eigenvalue weighted by atomic mass is 15.2.